The largest absolute Gasteiger partial charge is 0.457 e. The number of aromatic nitrogens is 3. The molecule has 0 amide bonds. The number of nitrogens with zero attached hydrogens (tertiary/aromatic N) is 3. The van der Waals surface area contributed by atoms with Gasteiger partial charge in [0, 0.05) is 29.9 Å². The van der Waals surface area contributed by atoms with Gasteiger partial charge in [-0.25, -0.2) is 9.97 Å². The smallest absolute Gasteiger partial charge is 0.231 e. The lowest BCUT2D eigenvalue weighted by atomic mass is 9.85. The standard InChI is InChI=1S/C23H20N4O3/c24-22-21-20(26-23(15-2-1-3-15)27(21)11-10-25-22)14-4-6-16(7-5-14)30-17-8-9-18-19(12-17)29-13-28-18/h4-12,15H,1-3,13H2,(H2,24,25). The second-order valence-electron chi connectivity index (χ2n) is 7.62. The maximum Gasteiger partial charge on any atom is 0.231 e. The van der Waals surface area contributed by atoms with Crippen LogP contribution in [0.25, 0.3) is 16.8 Å². The Bertz CT molecular complexity index is 1250. The van der Waals surface area contributed by atoms with Crippen molar-refractivity contribution in [2.45, 2.75) is 25.2 Å². The molecule has 0 bridgehead atoms. The van der Waals surface area contributed by atoms with Gasteiger partial charge in [-0.05, 0) is 49.2 Å². The van der Waals surface area contributed by atoms with Crippen LogP contribution in [0.1, 0.15) is 31.0 Å². The molecule has 0 radical (unpaired) electrons. The van der Waals surface area contributed by atoms with E-state index in [2.05, 4.69) is 9.38 Å². The SMILES string of the molecule is Nc1nccn2c(C3CCC3)nc(-c3ccc(Oc4ccc5c(c4)OCO5)cc3)c12. The van der Waals surface area contributed by atoms with Gasteiger partial charge < -0.3 is 19.9 Å². The Kier molecular flexibility index (Phi) is 3.80. The molecule has 1 aliphatic carbocycles. The fourth-order valence-electron chi connectivity index (χ4n) is 4.00. The van der Waals surface area contributed by atoms with Gasteiger partial charge in [0.25, 0.3) is 0 Å². The van der Waals surface area contributed by atoms with Crippen molar-refractivity contribution < 1.29 is 14.2 Å². The molecule has 1 saturated carbocycles. The first-order valence-corrected chi connectivity index (χ1v) is 10.1. The molecule has 1 fully saturated rings. The number of nitrogen functional groups attached to an aromatic ring is 1. The second-order valence-corrected chi connectivity index (χ2v) is 7.62. The number of hydrogen-bond acceptors (Lipinski definition) is 6. The van der Waals surface area contributed by atoms with E-state index >= 15 is 0 Å². The average Bonchev–Trinajstić information content (AvgIpc) is 3.33. The molecule has 1 aliphatic heterocycles. The van der Waals surface area contributed by atoms with Gasteiger partial charge in [0.15, 0.2) is 11.5 Å². The van der Waals surface area contributed by atoms with Crippen LogP contribution in [0, 0.1) is 0 Å². The molecule has 4 aromatic rings. The zero-order valence-corrected chi connectivity index (χ0v) is 16.2. The highest BCUT2D eigenvalue weighted by Gasteiger charge is 2.26. The Morgan fingerprint density at radius 1 is 1.00 bits per heavy atom. The van der Waals surface area contributed by atoms with Gasteiger partial charge in [-0.3, -0.25) is 4.40 Å². The lowest BCUT2D eigenvalue weighted by molar-refractivity contribution is 0.174. The van der Waals surface area contributed by atoms with Crippen molar-refractivity contribution in [3.63, 3.8) is 0 Å². The molecule has 6 rings (SSSR count). The number of fused-ring (bicyclic) bond motifs is 2. The van der Waals surface area contributed by atoms with E-state index < -0.39 is 0 Å². The number of benzene rings is 2. The molecule has 2 aromatic carbocycles. The highest BCUT2D eigenvalue weighted by Crippen LogP contribution is 2.40. The molecular formula is C23H20N4O3. The number of anilines is 1. The van der Waals surface area contributed by atoms with Gasteiger partial charge >= 0.3 is 0 Å². The Morgan fingerprint density at radius 3 is 2.60 bits per heavy atom. The summed E-state index contributed by atoms with van der Waals surface area (Å²) in [7, 11) is 0. The predicted molar refractivity (Wildman–Crippen MR) is 112 cm³/mol. The van der Waals surface area contributed by atoms with Gasteiger partial charge in [-0.1, -0.05) is 6.42 Å². The Hall–Kier alpha value is -3.74. The molecule has 0 atom stereocenters. The summed E-state index contributed by atoms with van der Waals surface area (Å²) in [5, 5.41) is 0. The first kappa shape index (κ1) is 17.1. The Labute approximate surface area is 173 Å². The number of nitrogens with two attached hydrogens (primary N) is 1. The quantitative estimate of drug-likeness (QED) is 0.531. The van der Waals surface area contributed by atoms with Crippen molar-refractivity contribution in [1.82, 2.24) is 14.4 Å². The lowest BCUT2D eigenvalue weighted by Gasteiger charge is -2.23. The summed E-state index contributed by atoms with van der Waals surface area (Å²) in [5.41, 5.74) is 8.93. The topological polar surface area (TPSA) is 83.9 Å². The fourth-order valence-corrected chi connectivity index (χ4v) is 4.00. The van der Waals surface area contributed by atoms with Crippen LogP contribution in [-0.4, -0.2) is 21.2 Å². The minimum absolute atomic E-state index is 0.243. The third-order valence-corrected chi connectivity index (χ3v) is 5.79. The summed E-state index contributed by atoms with van der Waals surface area (Å²) in [6, 6.07) is 13.4. The zero-order valence-electron chi connectivity index (χ0n) is 16.2. The predicted octanol–water partition coefficient (Wildman–Crippen LogP) is 4.77. The molecule has 30 heavy (non-hydrogen) atoms. The summed E-state index contributed by atoms with van der Waals surface area (Å²) >= 11 is 0. The zero-order chi connectivity index (χ0) is 20.1. The van der Waals surface area contributed by atoms with E-state index in [9.17, 15) is 0 Å². The molecular weight excluding hydrogens is 380 g/mol. The molecule has 2 aromatic heterocycles. The van der Waals surface area contributed by atoms with E-state index in [4.69, 9.17) is 24.9 Å². The summed E-state index contributed by atoms with van der Waals surface area (Å²) in [4.78, 5) is 9.25. The Morgan fingerprint density at radius 2 is 1.80 bits per heavy atom. The number of rotatable bonds is 4. The number of ether oxygens (including phenoxy) is 3. The van der Waals surface area contributed by atoms with Gasteiger partial charge in [0.05, 0.1) is 0 Å². The van der Waals surface area contributed by atoms with E-state index in [0.29, 0.717) is 23.2 Å². The first-order valence-electron chi connectivity index (χ1n) is 10.1. The Balaban J connectivity index is 1.33. The van der Waals surface area contributed by atoms with Crippen LogP contribution in [-0.2, 0) is 0 Å². The highest BCUT2D eigenvalue weighted by atomic mass is 16.7. The average molecular weight is 400 g/mol. The van der Waals surface area contributed by atoms with Crippen LogP contribution in [0.15, 0.2) is 54.9 Å². The summed E-state index contributed by atoms with van der Waals surface area (Å²) < 4.78 is 18.8. The van der Waals surface area contributed by atoms with Gasteiger partial charge in [0.2, 0.25) is 6.79 Å². The number of imidazole rings is 1. The molecule has 2 N–H and O–H groups in total. The van der Waals surface area contributed by atoms with Gasteiger partial charge in [0.1, 0.15) is 34.4 Å². The fraction of sp³-hybridized carbons (Fsp3) is 0.217. The molecule has 0 unspecified atom stereocenters. The van der Waals surface area contributed by atoms with Gasteiger partial charge in [-0.15, -0.1) is 0 Å². The van der Waals surface area contributed by atoms with E-state index in [-0.39, 0.29) is 6.79 Å². The van der Waals surface area contributed by atoms with E-state index in [1.165, 1.54) is 19.3 Å². The highest BCUT2D eigenvalue weighted by molar-refractivity contribution is 5.85. The van der Waals surface area contributed by atoms with Crippen LogP contribution >= 0.6 is 0 Å². The molecule has 0 saturated heterocycles. The second kappa shape index (κ2) is 6.66. The lowest BCUT2D eigenvalue weighted by Crippen LogP contribution is -2.12. The molecule has 2 aliphatic rings. The van der Waals surface area contributed by atoms with Crippen molar-refractivity contribution in [1.29, 1.82) is 0 Å². The monoisotopic (exact) mass is 400 g/mol. The number of hydrogen-bond donors (Lipinski definition) is 1. The van der Waals surface area contributed by atoms with Crippen LogP contribution < -0.4 is 19.9 Å². The summed E-state index contributed by atoms with van der Waals surface area (Å²) in [6.45, 7) is 0.243. The summed E-state index contributed by atoms with van der Waals surface area (Å²) in [5.74, 6) is 4.90. The minimum atomic E-state index is 0.243. The maximum absolute atomic E-state index is 6.23. The van der Waals surface area contributed by atoms with Crippen molar-refractivity contribution in [2.24, 2.45) is 0 Å². The normalized spacial score (nSPS) is 15.3. The third kappa shape index (κ3) is 2.74. The van der Waals surface area contributed by atoms with Crippen molar-refractivity contribution >= 4 is 11.3 Å². The van der Waals surface area contributed by atoms with Gasteiger partial charge in [-0.2, -0.15) is 0 Å². The molecule has 3 heterocycles. The minimum Gasteiger partial charge on any atom is -0.457 e. The van der Waals surface area contributed by atoms with Crippen molar-refractivity contribution in [3.8, 4) is 34.3 Å². The van der Waals surface area contributed by atoms with E-state index in [0.717, 1.165) is 34.1 Å². The van der Waals surface area contributed by atoms with Crippen LogP contribution in [0.5, 0.6) is 23.0 Å². The molecule has 150 valence electrons. The van der Waals surface area contributed by atoms with Crippen LogP contribution in [0.4, 0.5) is 5.82 Å². The molecule has 7 heteroatoms. The van der Waals surface area contributed by atoms with Crippen molar-refractivity contribution in [2.75, 3.05) is 12.5 Å². The van der Waals surface area contributed by atoms with E-state index in [1.807, 2.05) is 48.7 Å². The first-order chi connectivity index (χ1) is 14.8. The van der Waals surface area contributed by atoms with Crippen LogP contribution in [0.3, 0.4) is 0 Å². The maximum atomic E-state index is 6.23. The molecule has 7 nitrogen and oxygen atoms in total. The van der Waals surface area contributed by atoms with Crippen molar-refractivity contribution in [3.05, 3.63) is 60.7 Å². The van der Waals surface area contributed by atoms with Crippen LogP contribution in [0.2, 0.25) is 0 Å². The molecule has 0 spiro atoms. The van der Waals surface area contributed by atoms with E-state index in [1.54, 1.807) is 6.20 Å². The third-order valence-electron chi connectivity index (χ3n) is 5.79. The summed E-state index contributed by atoms with van der Waals surface area (Å²) in [6.07, 6.45) is 7.28.